The number of fused-ring (bicyclic) bond motifs is 3. The molecule has 0 saturated heterocycles. The highest BCUT2D eigenvalue weighted by molar-refractivity contribution is 7.89. The minimum absolute atomic E-state index is 0.156. The third kappa shape index (κ3) is 4.85. The van der Waals surface area contributed by atoms with Crippen LogP contribution in [-0.4, -0.2) is 49.3 Å². The summed E-state index contributed by atoms with van der Waals surface area (Å²) in [4.78, 5) is 28.4. The molecule has 0 bridgehead atoms. The number of sulfonamides is 1. The molecule has 0 spiro atoms. The van der Waals surface area contributed by atoms with E-state index < -0.39 is 28.5 Å². The van der Waals surface area contributed by atoms with Gasteiger partial charge in [0.05, 0.1) is 10.5 Å². The molecule has 1 aliphatic carbocycles. The number of aromatic nitrogens is 1. The fourth-order valence-corrected chi connectivity index (χ4v) is 5.83. The lowest BCUT2D eigenvalue weighted by atomic mass is 9.95. The van der Waals surface area contributed by atoms with Crippen LogP contribution in [0.15, 0.2) is 47.4 Å². The van der Waals surface area contributed by atoms with Crippen molar-refractivity contribution in [3.8, 4) is 0 Å². The first-order chi connectivity index (χ1) is 16.3. The summed E-state index contributed by atoms with van der Waals surface area (Å²) in [6.07, 6.45) is 4.31. The van der Waals surface area contributed by atoms with Crippen LogP contribution in [-0.2, 0) is 32.4 Å². The Kier molecular flexibility index (Phi) is 7.04. The number of hydrogen-bond donors (Lipinski definition) is 2. The summed E-state index contributed by atoms with van der Waals surface area (Å²) in [6, 6.07) is 11.3. The summed E-state index contributed by atoms with van der Waals surface area (Å²) in [5.74, 6) is -1.07. The van der Waals surface area contributed by atoms with Gasteiger partial charge >= 0.3 is 5.97 Å². The highest BCUT2D eigenvalue weighted by atomic mass is 32.2. The molecule has 0 unspecified atom stereocenters. The Hall–Kier alpha value is -3.17. The summed E-state index contributed by atoms with van der Waals surface area (Å²) in [6.45, 7) is 3.87. The van der Waals surface area contributed by atoms with E-state index in [1.807, 2.05) is 12.1 Å². The molecule has 1 aliphatic rings. The summed E-state index contributed by atoms with van der Waals surface area (Å²) < 4.78 is 31.7. The Morgan fingerprint density at radius 3 is 2.44 bits per heavy atom. The molecule has 1 aromatic heterocycles. The summed E-state index contributed by atoms with van der Waals surface area (Å²) in [5, 5.41) is 3.66. The molecule has 180 valence electrons. The number of H-pyrrole nitrogens is 1. The Labute approximate surface area is 199 Å². The number of aromatic amines is 1. The van der Waals surface area contributed by atoms with E-state index in [1.165, 1.54) is 39.8 Å². The number of aryl methyl sites for hydroxylation is 2. The molecule has 2 aromatic carbocycles. The average molecular weight is 484 g/mol. The van der Waals surface area contributed by atoms with Gasteiger partial charge in [-0.15, -0.1) is 0 Å². The number of amides is 1. The highest BCUT2D eigenvalue weighted by Crippen LogP contribution is 2.29. The number of ether oxygens (including phenoxy) is 1. The first-order valence-electron chi connectivity index (χ1n) is 11.5. The minimum Gasteiger partial charge on any atom is -0.452 e. The molecule has 8 nitrogen and oxygen atoms in total. The fourth-order valence-electron chi connectivity index (χ4n) is 4.37. The Balaban J connectivity index is 1.36. The van der Waals surface area contributed by atoms with E-state index >= 15 is 0 Å². The minimum atomic E-state index is -3.57. The third-order valence-corrected chi connectivity index (χ3v) is 8.21. The van der Waals surface area contributed by atoms with Gasteiger partial charge in [-0.2, -0.15) is 4.31 Å². The number of nitrogens with zero attached hydrogens (tertiary/aromatic N) is 1. The second-order valence-electron chi connectivity index (χ2n) is 8.29. The third-order valence-electron chi connectivity index (χ3n) is 6.15. The first-order valence-corrected chi connectivity index (χ1v) is 13.0. The normalized spacial score (nSPS) is 13.6. The number of carbonyl (C=O) groups is 2. The van der Waals surface area contributed by atoms with Gasteiger partial charge in [0.2, 0.25) is 10.0 Å². The molecule has 9 heteroatoms. The van der Waals surface area contributed by atoms with Crippen LogP contribution >= 0.6 is 0 Å². The van der Waals surface area contributed by atoms with E-state index in [4.69, 9.17) is 4.74 Å². The van der Waals surface area contributed by atoms with Crippen molar-refractivity contribution < 1.29 is 22.7 Å². The van der Waals surface area contributed by atoms with Gasteiger partial charge in [-0.25, -0.2) is 13.2 Å². The van der Waals surface area contributed by atoms with Crippen molar-refractivity contribution in [2.45, 2.75) is 44.4 Å². The van der Waals surface area contributed by atoms with Gasteiger partial charge in [0, 0.05) is 35.4 Å². The quantitative estimate of drug-likeness (QED) is 0.473. The van der Waals surface area contributed by atoms with Crippen LogP contribution in [0.1, 0.15) is 48.3 Å². The largest absolute Gasteiger partial charge is 0.452 e. The molecule has 3 aromatic rings. The van der Waals surface area contributed by atoms with Crippen molar-refractivity contribution in [2.24, 2.45) is 0 Å². The maximum absolute atomic E-state index is 12.6. The zero-order valence-electron chi connectivity index (χ0n) is 19.4. The molecule has 4 rings (SSSR count). The van der Waals surface area contributed by atoms with Crippen molar-refractivity contribution in [3.05, 3.63) is 59.3 Å². The van der Waals surface area contributed by atoms with Gasteiger partial charge < -0.3 is 15.0 Å². The summed E-state index contributed by atoms with van der Waals surface area (Å²) >= 11 is 0. The zero-order valence-corrected chi connectivity index (χ0v) is 20.2. The molecule has 0 saturated carbocycles. The maximum Gasteiger partial charge on any atom is 0.338 e. The van der Waals surface area contributed by atoms with Gasteiger partial charge in [-0.3, -0.25) is 4.79 Å². The van der Waals surface area contributed by atoms with Crippen LogP contribution < -0.4 is 5.32 Å². The summed E-state index contributed by atoms with van der Waals surface area (Å²) in [5.41, 5.74) is 4.33. The lowest BCUT2D eigenvalue weighted by Crippen LogP contribution is -2.30. The smallest absolute Gasteiger partial charge is 0.338 e. The van der Waals surface area contributed by atoms with Crippen molar-refractivity contribution in [2.75, 3.05) is 25.0 Å². The van der Waals surface area contributed by atoms with Crippen LogP contribution in [0, 0.1) is 0 Å². The van der Waals surface area contributed by atoms with Crippen LogP contribution in [0.4, 0.5) is 5.69 Å². The molecule has 2 N–H and O–H groups in total. The van der Waals surface area contributed by atoms with E-state index in [0.717, 1.165) is 36.6 Å². The Bertz CT molecular complexity index is 1310. The van der Waals surface area contributed by atoms with Crippen LogP contribution in [0.2, 0.25) is 0 Å². The van der Waals surface area contributed by atoms with E-state index in [1.54, 1.807) is 19.9 Å². The zero-order chi connectivity index (χ0) is 24.3. The van der Waals surface area contributed by atoms with E-state index in [0.29, 0.717) is 24.3 Å². The molecule has 0 aliphatic heterocycles. The predicted octanol–water partition coefficient (Wildman–Crippen LogP) is 3.87. The van der Waals surface area contributed by atoms with Crippen molar-refractivity contribution in [1.82, 2.24) is 9.29 Å². The van der Waals surface area contributed by atoms with Crippen molar-refractivity contribution in [1.29, 1.82) is 0 Å². The lowest BCUT2D eigenvalue weighted by Gasteiger charge is -2.18. The van der Waals surface area contributed by atoms with Crippen LogP contribution in [0.25, 0.3) is 10.9 Å². The Morgan fingerprint density at radius 1 is 1.03 bits per heavy atom. The standard InChI is InChI=1S/C25H29N3O5S/c1-3-28(4-2)34(31,32)19-12-10-18(11-13-19)26-24(29)16-33-25(30)17-9-14-23-21(15-17)20-7-5-6-8-22(20)27-23/h9-15,27H,3-8,16H2,1-2H3,(H,26,29). The molecule has 1 heterocycles. The molecule has 0 radical (unpaired) electrons. The molecule has 34 heavy (non-hydrogen) atoms. The SMILES string of the molecule is CCN(CC)S(=O)(=O)c1ccc(NC(=O)COC(=O)c2ccc3[nH]c4c(c3c2)CCCC4)cc1. The predicted molar refractivity (Wildman–Crippen MR) is 130 cm³/mol. The maximum atomic E-state index is 12.6. The number of rotatable bonds is 8. The van der Waals surface area contributed by atoms with Gasteiger partial charge in [0.25, 0.3) is 5.91 Å². The number of anilines is 1. The van der Waals surface area contributed by atoms with Gasteiger partial charge in [-0.05, 0) is 73.7 Å². The lowest BCUT2D eigenvalue weighted by molar-refractivity contribution is -0.119. The van der Waals surface area contributed by atoms with Gasteiger partial charge in [0.1, 0.15) is 0 Å². The number of hydrogen-bond acceptors (Lipinski definition) is 5. The van der Waals surface area contributed by atoms with Gasteiger partial charge in [0.15, 0.2) is 6.61 Å². The van der Waals surface area contributed by atoms with E-state index in [2.05, 4.69) is 10.3 Å². The van der Waals surface area contributed by atoms with Crippen LogP contribution in [0.5, 0.6) is 0 Å². The fraction of sp³-hybridized carbons (Fsp3) is 0.360. The molecule has 1 amide bonds. The van der Waals surface area contributed by atoms with E-state index in [9.17, 15) is 18.0 Å². The first kappa shape index (κ1) is 24.0. The number of esters is 1. The second-order valence-corrected chi connectivity index (χ2v) is 10.2. The van der Waals surface area contributed by atoms with Crippen molar-refractivity contribution >= 4 is 38.5 Å². The van der Waals surface area contributed by atoms with Crippen molar-refractivity contribution in [3.63, 3.8) is 0 Å². The van der Waals surface area contributed by atoms with E-state index in [-0.39, 0.29) is 4.90 Å². The molecule has 0 fully saturated rings. The molecular weight excluding hydrogens is 454 g/mol. The molecule has 0 atom stereocenters. The number of benzene rings is 2. The Morgan fingerprint density at radius 2 is 1.74 bits per heavy atom. The molecular formula is C25H29N3O5S. The van der Waals surface area contributed by atoms with Crippen LogP contribution in [0.3, 0.4) is 0 Å². The van der Waals surface area contributed by atoms with Gasteiger partial charge in [-0.1, -0.05) is 13.8 Å². The highest BCUT2D eigenvalue weighted by Gasteiger charge is 2.21. The average Bonchev–Trinajstić information content (AvgIpc) is 3.21. The number of carbonyl (C=O) groups excluding carboxylic acids is 2. The number of nitrogens with one attached hydrogen (secondary N) is 2. The second kappa shape index (κ2) is 9.99. The monoisotopic (exact) mass is 483 g/mol. The topological polar surface area (TPSA) is 109 Å². The summed E-state index contributed by atoms with van der Waals surface area (Å²) in [7, 11) is -3.57.